The van der Waals surface area contributed by atoms with Gasteiger partial charge >= 0.3 is 0 Å². The second-order valence-electron chi connectivity index (χ2n) is 2.81. The SMILES string of the molecule is CC.Cc1ccc2cnc(C)n2c1. The molecule has 0 saturated carbocycles. The number of hydrogen-bond acceptors (Lipinski definition) is 1. The molecular formula is C11H16N2. The highest BCUT2D eigenvalue weighted by Gasteiger charge is 1.96. The van der Waals surface area contributed by atoms with E-state index in [2.05, 4.69) is 34.6 Å². The number of hydrogen-bond donors (Lipinski definition) is 0. The van der Waals surface area contributed by atoms with E-state index in [-0.39, 0.29) is 0 Å². The first-order valence-corrected chi connectivity index (χ1v) is 4.68. The van der Waals surface area contributed by atoms with E-state index in [4.69, 9.17) is 0 Å². The monoisotopic (exact) mass is 176 g/mol. The quantitative estimate of drug-likeness (QED) is 0.603. The van der Waals surface area contributed by atoms with Gasteiger partial charge in [-0.3, -0.25) is 0 Å². The Labute approximate surface area is 79.2 Å². The minimum atomic E-state index is 1.05. The third kappa shape index (κ3) is 1.89. The standard InChI is InChI=1S/C9H10N2.C2H6/c1-7-3-4-9-5-10-8(2)11(9)6-7;1-2/h3-6H,1-2H3;1-2H3. The molecule has 0 unspecified atom stereocenters. The molecule has 2 heterocycles. The van der Waals surface area contributed by atoms with Gasteiger partial charge in [-0.1, -0.05) is 19.9 Å². The minimum absolute atomic E-state index is 1.05. The molecule has 2 heteroatoms. The molecule has 0 bridgehead atoms. The van der Waals surface area contributed by atoms with Gasteiger partial charge in [0.05, 0.1) is 11.7 Å². The molecule has 0 aliphatic rings. The third-order valence-electron chi connectivity index (χ3n) is 1.86. The lowest BCUT2D eigenvalue weighted by atomic mass is 10.3. The Morgan fingerprint density at radius 1 is 1.15 bits per heavy atom. The van der Waals surface area contributed by atoms with Crippen molar-refractivity contribution in [3.05, 3.63) is 35.9 Å². The van der Waals surface area contributed by atoms with Crippen molar-refractivity contribution in [3.63, 3.8) is 0 Å². The molecule has 2 aromatic heterocycles. The van der Waals surface area contributed by atoms with Crippen molar-refractivity contribution in [3.8, 4) is 0 Å². The highest BCUT2D eigenvalue weighted by atomic mass is 15.0. The molecule has 0 saturated heterocycles. The lowest BCUT2D eigenvalue weighted by molar-refractivity contribution is 1.03. The van der Waals surface area contributed by atoms with Crippen LogP contribution < -0.4 is 0 Å². The molecule has 2 nitrogen and oxygen atoms in total. The summed E-state index contributed by atoms with van der Waals surface area (Å²) >= 11 is 0. The average Bonchev–Trinajstić information content (AvgIpc) is 2.52. The van der Waals surface area contributed by atoms with Crippen molar-refractivity contribution in [2.75, 3.05) is 0 Å². The summed E-state index contributed by atoms with van der Waals surface area (Å²) in [5.41, 5.74) is 2.42. The molecule has 0 N–H and O–H groups in total. The van der Waals surface area contributed by atoms with E-state index in [0.717, 1.165) is 11.3 Å². The topological polar surface area (TPSA) is 17.3 Å². The molecular weight excluding hydrogens is 160 g/mol. The smallest absolute Gasteiger partial charge is 0.110 e. The first-order chi connectivity index (χ1) is 6.27. The van der Waals surface area contributed by atoms with Gasteiger partial charge in [0, 0.05) is 6.20 Å². The molecule has 0 aliphatic heterocycles. The normalized spacial score (nSPS) is 9.54. The van der Waals surface area contributed by atoms with Crippen LogP contribution in [-0.4, -0.2) is 9.38 Å². The summed E-state index contributed by atoms with van der Waals surface area (Å²) in [4.78, 5) is 4.20. The molecule has 2 rings (SSSR count). The summed E-state index contributed by atoms with van der Waals surface area (Å²) in [6, 6.07) is 4.17. The fourth-order valence-corrected chi connectivity index (χ4v) is 1.23. The predicted molar refractivity (Wildman–Crippen MR) is 56.0 cm³/mol. The average molecular weight is 176 g/mol. The Balaban J connectivity index is 0.000000396. The second-order valence-corrected chi connectivity index (χ2v) is 2.81. The summed E-state index contributed by atoms with van der Waals surface area (Å²) in [5.74, 6) is 1.05. The van der Waals surface area contributed by atoms with Crippen LogP contribution in [0, 0.1) is 13.8 Å². The predicted octanol–water partition coefficient (Wildman–Crippen LogP) is 2.98. The molecule has 0 fully saturated rings. The Hall–Kier alpha value is -1.31. The summed E-state index contributed by atoms with van der Waals surface area (Å²) in [5, 5.41) is 0. The van der Waals surface area contributed by atoms with Crippen LogP contribution in [-0.2, 0) is 0 Å². The molecule has 0 amide bonds. The van der Waals surface area contributed by atoms with Gasteiger partial charge < -0.3 is 4.40 Å². The van der Waals surface area contributed by atoms with Crippen LogP contribution in [0.1, 0.15) is 25.2 Å². The lowest BCUT2D eigenvalue weighted by Crippen LogP contribution is -1.87. The van der Waals surface area contributed by atoms with Crippen molar-refractivity contribution in [2.24, 2.45) is 0 Å². The van der Waals surface area contributed by atoms with Crippen molar-refractivity contribution in [1.29, 1.82) is 0 Å². The van der Waals surface area contributed by atoms with Crippen molar-refractivity contribution < 1.29 is 0 Å². The molecule has 0 aliphatic carbocycles. The Morgan fingerprint density at radius 3 is 2.54 bits per heavy atom. The summed E-state index contributed by atoms with van der Waals surface area (Å²) in [6.45, 7) is 8.09. The van der Waals surface area contributed by atoms with Crippen LogP contribution in [0.3, 0.4) is 0 Å². The van der Waals surface area contributed by atoms with Gasteiger partial charge in [-0.05, 0) is 25.5 Å². The third-order valence-corrected chi connectivity index (χ3v) is 1.86. The highest BCUT2D eigenvalue weighted by Crippen LogP contribution is 2.07. The largest absolute Gasteiger partial charge is 0.304 e. The zero-order valence-electron chi connectivity index (χ0n) is 8.70. The Morgan fingerprint density at radius 2 is 1.85 bits per heavy atom. The van der Waals surface area contributed by atoms with Crippen molar-refractivity contribution in [2.45, 2.75) is 27.7 Å². The zero-order chi connectivity index (χ0) is 9.84. The van der Waals surface area contributed by atoms with Crippen LogP contribution in [0.2, 0.25) is 0 Å². The van der Waals surface area contributed by atoms with Gasteiger partial charge in [0.15, 0.2) is 0 Å². The first kappa shape index (κ1) is 9.78. The number of aryl methyl sites for hydroxylation is 2. The summed E-state index contributed by atoms with van der Waals surface area (Å²) < 4.78 is 2.09. The van der Waals surface area contributed by atoms with Gasteiger partial charge in [0.25, 0.3) is 0 Å². The van der Waals surface area contributed by atoms with E-state index in [0.29, 0.717) is 0 Å². The van der Waals surface area contributed by atoms with E-state index < -0.39 is 0 Å². The number of aromatic nitrogens is 2. The molecule has 13 heavy (non-hydrogen) atoms. The zero-order valence-corrected chi connectivity index (χ0v) is 8.70. The number of rotatable bonds is 0. The van der Waals surface area contributed by atoms with Crippen molar-refractivity contribution in [1.82, 2.24) is 9.38 Å². The fourth-order valence-electron chi connectivity index (χ4n) is 1.23. The maximum absolute atomic E-state index is 4.20. The second kappa shape index (κ2) is 4.08. The summed E-state index contributed by atoms with van der Waals surface area (Å²) in [7, 11) is 0. The van der Waals surface area contributed by atoms with E-state index >= 15 is 0 Å². The number of nitrogens with zero attached hydrogens (tertiary/aromatic N) is 2. The fraction of sp³-hybridized carbons (Fsp3) is 0.364. The van der Waals surface area contributed by atoms with Crippen LogP contribution in [0.25, 0.3) is 5.52 Å². The Bertz CT molecular complexity index is 388. The van der Waals surface area contributed by atoms with Gasteiger partial charge in [0.2, 0.25) is 0 Å². The van der Waals surface area contributed by atoms with Crippen LogP contribution in [0.15, 0.2) is 24.5 Å². The summed E-state index contributed by atoms with van der Waals surface area (Å²) in [6.07, 6.45) is 3.98. The first-order valence-electron chi connectivity index (χ1n) is 4.68. The lowest BCUT2D eigenvalue weighted by Gasteiger charge is -1.96. The number of imidazole rings is 1. The molecule has 2 aromatic rings. The highest BCUT2D eigenvalue weighted by molar-refractivity contribution is 5.46. The van der Waals surface area contributed by atoms with E-state index in [1.54, 1.807) is 0 Å². The van der Waals surface area contributed by atoms with Gasteiger partial charge in [-0.15, -0.1) is 0 Å². The molecule has 0 aromatic carbocycles. The maximum Gasteiger partial charge on any atom is 0.110 e. The van der Waals surface area contributed by atoms with Gasteiger partial charge in [0.1, 0.15) is 5.82 Å². The maximum atomic E-state index is 4.20. The number of pyridine rings is 1. The number of fused-ring (bicyclic) bond motifs is 1. The molecule has 0 spiro atoms. The van der Waals surface area contributed by atoms with Crippen LogP contribution >= 0.6 is 0 Å². The van der Waals surface area contributed by atoms with E-state index in [9.17, 15) is 0 Å². The van der Waals surface area contributed by atoms with Gasteiger partial charge in [-0.2, -0.15) is 0 Å². The molecule has 70 valence electrons. The molecule has 0 radical (unpaired) electrons. The molecule has 0 atom stereocenters. The van der Waals surface area contributed by atoms with Crippen LogP contribution in [0.4, 0.5) is 0 Å². The van der Waals surface area contributed by atoms with E-state index in [1.165, 1.54) is 5.56 Å². The minimum Gasteiger partial charge on any atom is -0.304 e. The van der Waals surface area contributed by atoms with Gasteiger partial charge in [-0.25, -0.2) is 4.98 Å². The van der Waals surface area contributed by atoms with Crippen molar-refractivity contribution >= 4 is 5.52 Å². The van der Waals surface area contributed by atoms with E-state index in [1.807, 2.05) is 27.0 Å². The van der Waals surface area contributed by atoms with Crippen LogP contribution in [0.5, 0.6) is 0 Å². The Kier molecular flexibility index (Phi) is 3.07.